The lowest BCUT2D eigenvalue weighted by atomic mass is 10.0. The zero-order valence-corrected chi connectivity index (χ0v) is 13.5. The normalized spacial score (nSPS) is 17.0. The van der Waals surface area contributed by atoms with Gasteiger partial charge < -0.3 is 20.2 Å². The van der Waals surface area contributed by atoms with Crippen molar-refractivity contribution in [1.82, 2.24) is 19.9 Å². The molecule has 0 aromatic carbocycles. The minimum Gasteiger partial charge on any atom is -0.400 e. The number of hydrogen-bond donors (Lipinski definition) is 4. The van der Waals surface area contributed by atoms with E-state index in [1.807, 2.05) is 20.0 Å². The van der Waals surface area contributed by atoms with Crippen LogP contribution in [0.2, 0.25) is 0 Å². The maximum atomic E-state index is 11.5. The van der Waals surface area contributed by atoms with Crippen LogP contribution in [0.4, 0.5) is 0 Å². The van der Waals surface area contributed by atoms with Crippen LogP contribution in [0.5, 0.6) is 0 Å². The molecule has 0 amide bonds. The smallest absolute Gasteiger partial charge is 0.275 e. The van der Waals surface area contributed by atoms with Gasteiger partial charge in [0.1, 0.15) is 5.52 Å². The number of nitrogens with zero attached hydrogens (tertiary/aromatic N) is 2. The molecule has 1 fully saturated rings. The summed E-state index contributed by atoms with van der Waals surface area (Å²) in [6.45, 7) is 6.17. The zero-order chi connectivity index (χ0) is 16.5. The van der Waals surface area contributed by atoms with Crippen LogP contribution < -0.4 is 5.56 Å². The number of aromatic nitrogens is 3. The number of aromatic amines is 2. The Bertz CT molecular complexity index is 606. The number of rotatable bonds is 4. The van der Waals surface area contributed by atoms with Gasteiger partial charge in [0, 0.05) is 32.4 Å². The zero-order valence-electron chi connectivity index (χ0n) is 13.5. The van der Waals surface area contributed by atoms with E-state index in [0.29, 0.717) is 11.6 Å². The number of H-pyrrole nitrogens is 2. The molecule has 7 nitrogen and oxygen atoms in total. The largest absolute Gasteiger partial charge is 0.400 e. The summed E-state index contributed by atoms with van der Waals surface area (Å²) >= 11 is 0. The highest BCUT2D eigenvalue weighted by molar-refractivity contribution is 5.77. The van der Waals surface area contributed by atoms with E-state index in [1.54, 1.807) is 0 Å². The van der Waals surface area contributed by atoms with Crippen LogP contribution >= 0.6 is 0 Å². The first-order chi connectivity index (χ1) is 10.8. The first kappa shape index (κ1) is 18.3. The molecule has 1 aliphatic heterocycles. The monoisotopic (exact) mass is 310 g/mol. The van der Waals surface area contributed by atoms with Crippen molar-refractivity contribution in [3.8, 4) is 0 Å². The second kappa shape index (κ2) is 9.34. The van der Waals surface area contributed by atoms with Gasteiger partial charge in [-0.25, -0.2) is 4.98 Å². The molecule has 1 unspecified atom stereocenters. The van der Waals surface area contributed by atoms with Crippen molar-refractivity contribution in [1.29, 1.82) is 0 Å². The Morgan fingerprint density at radius 3 is 2.68 bits per heavy atom. The molecular formula is C15H26N4O3. The Morgan fingerprint density at radius 1 is 1.36 bits per heavy atom. The van der Waals surface area contributed by atoms with Crippen LogP contribution in [0.1, 0.15) is 25.8 Å². The molecular weight excluding hydrogens is 284 g/mol. The fourth-order valence-corrected chi connectivity index (χ4v) is 2.45. The molecule has 0 aliphatic carbocycles. The maximum Gasteiger partial charge on any atom is 0.275 e. The Morgan fingerprint density at radius 2 is 2.09 bits per heavy atom. The van der Waals surface area contributed by atoms with Gasteiger partial charge in [0.25, 0.3) is 5.56 Å². The third-order valence-electron chi connectivity index (χ3n) is 3.69. The Kier molecular flexibility index (Phi) is 7.79. The second-order valence-corrected chi connectivity index (χ2v) is 4.68. The van der Waals surface area contributed by atoms with Gasteiger partial charge in [-0.1, -0.05) is 13.8 Å². The van der Waals surface area contributed by atoms with E-state index < -0.39 is 0 Å². The lowest BCUT2D eigenvalue weighted by molar-refractivity contribution is 0.0437. The minimum absolute atomic E-state index is 0.136. The molecule has 1 aliphatic rings. The van der Waals surface area contributed by atoms with E-state index >= 15 is 0 Å². The number of aliphatic hydroxyl groups excluding tert-OH is 2. The van der Waals surface area contributed by atoms with Crippen LogP contribution in [0.3, 0.4) is 0 Å². The molecule has 124 valence electrons. The summed E-state index contributed by atoms with van der Waals surface area (Å²) in [6.07, 6.45) is 5.19. The summed E-state index contributed by atoms with van der Waals surface area (Å²) in [5.74, 6) is 0. The molecule has 3 heterocycles. The Balaban J connectivity index is 0.000000561. The van der Waals surface area contributed by atoms with Gasteiger partial charge in [0.2, 0.25) is 0 Å². The molecule has 7 heteroatoms. The predicted molar refractivity (Wildman–Crippen MR) is 87.0 cm³/mol. The summed E-state index contributed by atoms with van der Waals surface area (Å²) in [5, 5.41) is 16.1. The highest BCUT2D eigenvalue weighted by Crippen LogP contribution is 2.18. The average Bonchev–Trinajstić information content (AvgIpc) is 2.96. The van der Waals surface area contributed by atoms with Crippen molar-refractivity contribution in [3.05, 3.63) is 28.4 Å². The molecule has 0 bridgehead atoms. The highest BCUT2D eigenvalue weighted by atomic mass is 16.3. The van der Waals surface area contributed by atoms with Crippen LogP contribution in [-0.2, 0) is 6.42 Å². The number of nitrogens with one attached hydrogen (secondary N) is 2. The average molecular weight is 310 g/mol. The third-order valence-corrected chi connectivity index (χ3v) is 3.69. The molecule has 0 radical (unpaired) electrons. The van der Waals surface area contributed by atoms with Crippen molar-refractivity contribution in [2.45, 2.75) is 32.7 Å². The fraction of sp³-hybridized carbons (Fsp3) is 0.600. The summed E-state index contributed by atoms with van der Waals surface area (Å²) in [4.78, 5) is 23.5. The number of aliphatic hydroxyl groups is 2. The number of fused-ring (bicyclic) bond motifs is 1. The molecule has 2 aromatic rings. The van der Waals surface area contributed by atoms with Gasteiger partial charge in [-0.05, 0) is 18.4 Å². The van der Waals surface area contributed by atoms with Crippen molar-refractivity contribution < 1.29 is 10.2 Å². The molecule has 0 spiro atoms. The second-order valence-electron chi connectivity index (χ2n) is 4.68. The molecule has 1 atom stereocenters. The van der Waals surface area contributed by atoms with Crippen molar-refractivity contribution in [3.63, 3.8) is 0 Å². The Hall–Kier alpha value is -1.70. The van der Waals surface area contributed by atoms with Gasteiger partial charge in [0.15, 0.2) is 0 Å². The van der Waals surface area contributed by atoms with Crippen molar-refractivity contribution in [2.24, 2.45) is 0 Å². The van der Waals surface area contributed by atoms with Gasteiger partial charge in [-0.2, -0.15) is 0 Å². The Labute approximate surface area is 130 Å². The highest BCUT2D eigenvalue weighted by Gasteiger charge is 2.26. The van der Waals surface area contributed by atoms with Crippen LogP contribution in [0.25, 0.3) is 11.0 Å². The summed E-state index contributed by atoms with van der Waals surface area (Å²) in [7, 11) is 1.00. The SMILES string of the molecule is CC.CO.O=c1[nH]cnc2c(CCN3CCC3CO)c[nH]c12. The molecule has 2 aromatic heterocycles. The van der Waals surface area contributed by atoms with Gasteiger partial charge in [-0.15, -0.1) is 0 Å². The van der Waals surface area contributed by atoms with E-state index in [4.69, 9.17) is 10.2 Å². The van der Waals surface area contributed by atoms with E-state index in [0.717, 1.165) is 44.1 Å². The van der Waals surface area contributed by atoms with Crippen LogP contribution in [0.15, 0.2) is 17.3 Å². The summed E-state index contributed by atoms with van der Waals surface area (Å²) < 4.78 is 0. The molecule has 22 heavy (non-hydrogen) atoms. The summed E-state index contributed by atoms with van der Waals surface area (Å²) in [5.41, 5.74) is 2.21. The lowest BCUT2D eigenvalue weighted by Crippen LogP contribution is -2.50. The van der Waals surface area contributed by atoms with E-state index in [2.05, 4.69) is 19.9 Å². The molecule has 1 saturated heterocycles. The standard InChI is InChI=1S/C12H16N4O2.C2H6.CH4O/c17-6-9-2-4-16(9)3-1-8-5-13-11-10(8)14-7-15-12(11)18;2*1-2/h5,7,9,13,17H,1-4,6H2,(H,14,15,18);1-2H3;2H,1H3. The van der Waals surface area contributed by atoms with Crippen LogP contribution in [0, 0.1) is 0 Å². The predicted octanol–water partition coefficient (Wildman–Crippen LogP) is 0.495. The molecule has 0 saturated carbocycles. The lowest BCUT2D eigenvalue weighted by Gasteiger charge is -2.39. The quantitative estimate of drug-likeness (QED) is 0.658. The number of hydrogen-bond acceptors (Lipinski definition) is 5. The minimum atomic E-state index is -0.136. The van der Waals surface area contributed by atoms with E-state index in [1.165, 1.54) is 6.33 Å². The first-order valence-electron chi connectivity index (χ1n) is 7.63. The molecule has 4 N–H and O–H groups in total. The van der Waals surface area contributed by atoms with Gasteiger partial charge in [0.05, 0.1) is 18.5 Å². The van der Waals surface area contributed by atoms with E-state index in [-0.39, 0.29) is 12.2 Å². The topological polar surface area (TPSA) is 105 Å². The summed E-state index contributed by atoms with van der Waals surface area (Å²) in [6, 6.07) is 0.312. The van der Waals surface area contributed by atoms with Gasteiger partial charge in [-0.3, -0.25) is 9.69 Å². The maximum absolute atomic E-state index is 11.5. The van der Waals surface area contributed by atoms with Crippen molar-refractivity contribution >= 4 is 11.0 Å². The molecule has 3 rings (SSSR count). The van der Waals surface area contributed by atoms with Crippen LogP contribution in [-0.4, -0.2) is 62.9 Å². The van der Waals surface area contributed by atoms with E-state index in [9.17, 15) is 4.79 Å². The number of likely N-dealkylation sites (tertiary alicyclic amines) is 1. The van der Waals surface area contributed by atoms with Gasteiger partial charge >= 0.3 is 0 Å². The first-order valence-corrected chi connectivity index (χ1v) is 7.63. The van der Waals surface area contributed by atoms with Crippen molar-refractivity contribution in [2.75, 3.05) is 26.8 Å². The fourth-order valence-electron chi connectivity index (χ4n) is 2.45. The third kappa shape index (κ3) is 3.94.